The first kappa shape index (κ1) is 13.2. The third-order valence-corrected chi connectivity index (χ3v) is 2.47. The fourth-order valence-electron chi connectivity index (χ4n) is 0.984. The van der Waals surface area contributed by atoms with E-state index in [0.29, 0.717) is 18.6 Å². The predicted octanol–water partition coefficient (Wildman–Crippen LogP) is 1.90. The number of hydrogen-bond donors (Lipinski definition) is 1. The summed E-state index contributed by atoms with van der Waals surface area (Å²) in [5, 5.41) is 8.85. The molecular formula is C11H20O3. The minimum absolute atomic E-state index is 0.120. The van der Waals surface area contributed by atoms with Crippen molar-refractivity contribution in [1.82, 2.24) is 0 Å². The Hall–Kier alpha value is -0.830. The third-order valence-electron chi connectivity index (χ3n) is 2.47. The van der Waals surface area contributed by atoms with Gasteiger partial charge >= 0.3 is 5.97 Å². The topological polar surface area (TPSA) is 46.5 Å². The van der Waals surface area contributed by atoms with Gasteiger partial charge in [0.15, 0.2) is 0 Å². The molecule has 0 aromatic rings. The third kappa shape index (κ3) is 4.42. The van der Waals surface area contributed by atoms with E-state index in [-0.39, 0.29) is 18.0 Å². The molecule has 0 aromatic heterocycles. The Morgan fingerprint density at radius 3 is 2.50 bits per heavy atom. The standard InChI is InChI=1S/C11H20O3/c1-5-11(4,6-7-12)8-14-10(13)9(2)3/h12H,2,5-8H2,1,3-4H3. The molecule has 3 nitrogen and oxygen atoms in total. The van der Waals surface area contributed by atoms with Crippen LogP contribution in [0.2, 0.25) is 0 Å². The molecule has 0 aliphatic carbocycles. The van der Waals surface area contributed by atoms with Crippen molar-refractivity contribution in [2.45, 2.75) is 33.6 Å². The van der Waals surface area contributed by atoms with Gasteiger partial charge in [0, 0.05) is 17.6 Å². The molecule has 0 rings (SSSR count). The molecule has 1 unspecified atom stereocenters. The van der Waals surface area contributed by atoms with Crippen molar-refractivity contribution in [3.63, 3.8) is 0 Å². The Kier molecular flexibility index (Phi) is 5.46. The van der Waals surface area contributed by atoms with Gasteiger partial charge in [-0.15, -0.1) is 0 Å². The SMILES string of the molecule is C=C(C)C(=O)OCC(C)(CC)CCO. The highest BCUT2D eigenvalue weighted by molar-refractivity contribution is 5.86. The van der Waals surface area contributed by atoms with Gasteiger partial charge in [-0.05, 0) is 19.8 Å². The number of carbonyl (C=O) groups excluding carboxylic acids is 1. The van der Waals surface area contributed by atoms with E-state index in [1.54, 1.807) is 6.92 Å². The largest absolute Gasteiger partial charge is 0.462 e. The Labute approximate surface area is 85.8 Å². The molecule has 1 N–H and O–H groups in total. The van der Waals surface area contributed by atoms with E-state index >= 15 is 0 Å². The van der Waals surface area contributed by atoms with Crippen LogP contribution in [0.1, 0.15) is 33.6 Å². The highest BCUT2D eigenvalue weighted by Crippen LogP contribution is 2.25. The van der Waals surface area contributed by atoms with Crippen molar-refractivity contribution in [3.05, 3.63) is 12.2 Å². The first-order valence-corrected chi connectivity index (χ1v) is 4.88. The zero-order chi connectivity index (χ0) is 11.2. The van der Waals surface area contributed by atoms with Crippen LogP contribution in [-0.4, -0.2) is 24.3 Å². The van der Waals surface area contributed by atoms with E-state index in [1.807, 2.05) is 13.8 Å². The number of ether oxygens (including phenoxy) is 1. The smallest absolute Gasteiger partial charge is 0.333 e. The number of carbonyl (C=O) groups is 1. The summed E-state index contributed by atoms with van der Waals surface area (Å²) in [6.45, 7) is 9.60. The van der Waals surface area contributed by atoms with E-state index < -0.39 is 0 Å². The quantitative estimate of drug-likeness (QED) is 0.526. The van der Waals surface area contributed by atoms with Crippen molar-refractivity contribution in [3.8, 4) is 0 Å². The maximum atomic E-state index is 11.1. The lowest BCUT2D eigenvalue weighted by Gasteiger charge is -2.26. The van der Waals surface area contributed by atoms with E-state index in [4.69, 9.17) is 9.84 Å². The lowest BCUT2D eigenvalue weighted by Crippen LogP contribution is -2.25. The van der Waals surface area contributed by atoms with Crippen LogP contribution in [-0.2, 0) is 9.53 Å². The lowest BCUT2D eigenvalue weighted by molar-refractivity contribution is -0.142. The summed E-state index contributed by atoms with van der Waals surface area (Å²) >= 11 is 0. The molecule has 0 aromatic carbocycles. The molecule has 0 saturated heterocycles. The Morgan fingerprint density at radius 1 is 1.57 bits per heavy atom. The van der Waals surface area contributed by atoms with Gasteiger partial charge in [0.1, 0.15) is 0 Å². The molecule has 0 bridgehead atoms. The minimum atomic E-state index is -0.359. The van der Waals surface area contributed by atoms with Gasteiger partial charge in [0.05, 0.1) is 6.61 Å². The fourth-order valence-corrected chi connectivity index (χ4v) is 0.984. The summed E-state index contributed by atoms with van der Waals surface area (Å²) in [7, 11) is 0. The van der Waals surface area contributed by atoms with Crippen molar-refractivity contribution in [2.75, 3.05) is 13.2 Å². The Bertz CT molecular complexity index is 211. The van der Waals surface area contributed by atoms with Gasteiger partial charge in [0.2, 0.25) is 0 Å². The van der Waals surface area contributed by atoms with E-state index in [0.717, 1.165) is 6.42 Å². The molecule has 0 amide bonds. The second-order valence-corrected chi connectivity index (χ2v) is 3.99. The molecule has 0 aliphatic rings. The average molecular weight is 200 g/mol. The number of rotatable bonds is 6. The van der Waals surface area contributed by atoms with Crippen molar-refractivity contribution >= 4 is 5.97 Å². The summed E-state index contributed by atoms with van der Waals surface area (Å²) in [6.07, 6.45) is 1.52. The first-order valence-electron chi connectivity index (χ1n) is 4.88. The zero-order valence-corrected chi connectivity index (χ0v) is 9.30. The number of aliphatic hydroxyl groups is 1. The first-order chi connectivity index (χ1) is 6.45. The van der Waals surface area contributed by atoms with E-state index in [9.17, 15) is 4.79 Å². The Morgan fingerprint density at radius 2 is 2.14 bits per heavy atom. The minimum Gasteiger partial charge on any atom is -0.462 e. The summed E-state index contributed by atoms with van der Waals surface area (Å²) in [5.41, 5.74) is 0.285. The second-order valence-electron chi connectivity index (χ2n) is 3.99. The Balaban J connectivity index is 4.07. The van der Waals surface area contributed by atoms with Gasteiger partial charge in [-0.2, -0.15) is 0 Å². The van der Waals surface area contributed by atoms with Gasteiger partial charge in [-0.25, -0.2) is 4.79 Å². The normalized spacial score (nSPS) is 14.6. The maximum Gasteiger partial charge on any atom is 0.333 e. The van der Waals surface area contributed by atoms with Crippen molar-refractivity contribution < 1.29 is 14.6 Å². The van der Waals surface area contributed by atoms with Crippen LogP contribution in [0, 0.1) is 5.41 Å². The van der Waals surface area contributed by atoms with Crippen LogP contribution in [0.4, 0.5) is 0 Å². The predicted molar refractivity (Wildman–Crippen MR) is 55.9 cm³/mol. The molecule has 0 aliphatic heterocycles. The van der Waals surface area contributed by atoms with E-state index in [2.05, 4.69) is 6.58 Å². The van der Waals surface area contributed by atoms with Crippen LogP contribution in [0.25, 0.3) is 0 Å². The van der Waals surface area contributed by atoms with Gasteiger partial charge in [-0.3, -0.25) is 0 Å². The number of hydrogen-bond acceptors (Lipinski definition) is 3. The van der Waals surface area contributed by atoms with Crippen LogP contribution in [0.3, 0.4) is 0 Å². The van der Waals surface area contributed by atoms with Crippen LogP contribution >= 0.6 is 0 Å². The highest BCUT2D eigenvalue weighted by Gasteiger charge is 2.23. The molecule has 0 spiro atoms. The maximum absolute atomic E-state index is 11.1. The molecule has 0 fully saturated rings. The molecule has 0 saturated carbocycles. The summed E-state index contributed by atoms with van der Waals surface area (Å²) in [4.78, 5) is 11.1. The van der Waals surface area contributed by atoms with Crippen molar-refractivity contribution in [2.24, 2.45) is 5.41 Å². The van der Waals surface area contributed by atoms with Crippen LogP contribution in [0.15, 0.2) is 12.2 Å². The molecule has 14 heavy (non-hydrogen) atoms. The van der Waals surface area contributed by atoms with Gasteiger partial charge < -0.3 is 9.84 Å². The summed E-state index contributed by atoms with van der Waals surface area (Å²) < 4.78 is 5.06. The van der Waals surface area contributed by atoms with E-state index in [1.165, 1.54) is 0 Å². The van der Waals surface area contributed by atoms with Crippen LogP contribution in [0.5, 0.6) is 0 Å². The fraction of sp³-hybridized carbons (Fsp3) is 0.727. The van der Waals surface area contributed by atoms with Gasteiger partial charge in [-0.1, -0.05) is 20.4 Å². The highest BCUT2D eigenvalue weighted by atomic mass is 16.5. The lowest BCUT2D eigenvalue weighted by atomic mass is 9.85. The zero-order valence-electron chi connectivity index (χ0n) is 9.30. The summed E-state index contributed by atoms with van der Waals surface area (Å²) in [5.74, 6) is -0.359. The monoisotopic (exact) mass is 200 g/mol. The van der Waals surface area contributed by atoms with Crippen molar-refractivity contribution in [1.29, 1.82) is 0 Å². The average Bonchev–Trinajstić information content (AvgIpc) is 2.14. The molecular weight excluding hydrogens is 180 g/mol. The molecule has 3 heteroatoms. The molecule has 0 heterocycles. The van der Waals surface area contributed by atoms with Gasteiger partial charge in [0.25, 0.3) is 0 Å². The molecule has 0 radical (unpaired) electrons. The molecule has 1 atom stereocenters. The molecule has 82 valence electrons. The number of esters is 1. The second kappa shape index (κ2) is 5.81. The summed E-state index contributed by atoms with van der Waals surface area (Å²) in [6, 6.07) is 0. The number of aliphatic hydroxyl groups excluding tert-OH is 1. The van der Waals surface area contributed by atoms with Crippen LogP contribution < -0.4 is 0 Å².